The Bertz CT molecular complexity index is 2170. The van der Waals surface area contributed by atoms with Crippen LogP contribution in [0.5, 0.6) is 0 Å². The molecule has 0 aliphatic carbocycles. The highest BCUT2D eigenvalue weighted by molar-refractivity contribution is 9.10. The van der Waals surface area contributed by atoms with E-state index in [1.165, 1.54) is 48.0 Å². The fourth-order valence-corrected chi connectivity index (χ4v) is 4.50. The number of nitrogens with zero attached hydrogens (tertiary/aromatic N) is 5. The van der Waals surface area contributed by atoms with Crippen LogP contribution in [0.25, 0.3) is 0 Å². The molecular weight excluding hydrogens is 767 g/mol. The van der Waals surface area contributed by atoms with Gasteiger partial charge in [0.05, 0.1) is 21.1 Å². The van der Waals surface area contributed by atoms with Crippen molar-refractivity contribution in [2.24, 2.45) is 0 Å². The first kappa shape index (κ1) is 40.3. The molecule has 3 aromatic heterocycles. The normalized spacial score (nSPS) is 9.42. The molecule has 0 radical (unpaired) electrons. The van der Waals surface area contributed by atoms with E-state index in [1.807, 2.05) is 30.5 Å². The summed E-state index contributed by atoms with van der Waals surface area (Å²) in [6, 6.07) is 29.4. The van der Waals surface area contributed by atoms with Crippen molar-refractivity contribution in [1.82, 2.24) is 15.0 Å². The van der Waals surface area contributed by atoms with Gasteiger partial charge >= 0.3 is 0 Å². The van der Waals surface area contributed by atoms with Crippen LogP contribution in [0.1, 0.15) is 27.8 Å². The highest BCUT2D eigenvalue weighted by Gasteiger charge is 2.05. The van der Waals surface area contributed by atoms with Gasteiger partial charge in [-0.15, -0.1) is 6.42 Å². The molecule has 0 aliphatic rings. The van der Waals surface area contributed by atoms with Crippen molar-refractivity contribution in [3.63, 3.8) is 0 Å². The molecule has 0 saturated carbocycles. The molecule has 10 nitrogen and oxygen atoms in total. The van der Waals surface area contributed by atoms with Gasteiger partial charge in [0.15, 0.2) is 0 Å². The van der Waals surface area contributed by atoms with Crippen LogP contribution in [0.15, 0.2) is 139 Å². The molecule has 0 fully saturated rings. The highest BCUT2D eigenvalue weighted by Crippen LogP contribution is 2.15. The average molecular weight is 797 g/mol. The third-order valence-corrected chi connectivity index (χ3v) is 7.34. The number of nitro groups is 2. The molecule has 0 unspecified atom stereocenters. The van der Waals surface area contributed by atoms with Crippen LogP contribution in [0.4, 0.5) is 17.1 Å². The molecule has 52 heavy (non-hydrogen) atoms. The van der Waals surface area contributed by atoms with Crippen molar-refractivity contribution >= 4 is 56.2 Å². The first-order chi connectivity index (χ1) is 25.0. The predicted octanol–water partition coefficient (Wildman–Crippen LogP) is 9.57. The summed E-state index contributed by atoms with van der Waals surface area (Å²) in [5.41, 5.74) is 11.0. The topological polar surface area (TPSA) is 151 Å². The fraction of sp³-hybridized carbons (Fsp3) is 0.0513. The molecule has 3 heterocycles. The van der Waals surface area contributed by atoms with Gasteiger partial charge in [-0.25, -0.2) is 0 Å². The van der Waals surface area contributed by atoms with Gasteiger partial charge in [0.1, 0.15) is 12.4 Å². The monoisotopic (exact) mass is 794 g/mol. The maximum absolute atomic E-state index is 10.6. The highest BCUT2D eigenvalue weighted by atomic mass is 79.9. The maximum atomic E-state index is 10.6. The van der Waals surface area contributed by atoms with Crippen molar-refractivity contribution in [3.8, 4) is 24.2 Å². The van der Waals surface area contributed by atoms with Crippen LogP contribution in [0, 0.1) is 44.4 Å². The van der Waals surface area contributed by atoms with E-state index in [-0.39, 0.29) is 11.4 Å². The number of terminal acetylenes is 1. The zero-order chi connectivity index (χ0) is 37.7. The molecule has 0 aliphatic heterocycles. The number of pyridine rings is 3. The molecule has 260 valence electrons. The summed E-state index contributed by atoms with van der Waals surface area (Å²) in [6.45, 7) is 0. The van der Waals surface area contributed by atoms with E-state index in [9.17, 15) is 20.2 Å². The summed E-state index contributed by atoms with van der Waals surface area (Å²) < 4.78 is 0.613. The van der Waals surface area contributed by atoms with Gasteiger partial charge < -0.3 is 5.73 Å². The number of hydrogen-bond donors (Lipinski definition) is 1. The molecule has 0 amide bonds. The smallest absolute Gasteiger partial charge is 0.288 e. The van der Waals surface area contributed by atoms with E-state index < -0.39 is 9.85 Å². The Labute approximate surface area is 319 Å². The number of anilines is 1. The summed E-state index contributed by atoms with van der Waals surface area (Å²) in [4.78, 5) is 31.1. The first-order valence-corrected chi connectivity index (χ1v) is 16.6. The van der Waals surface area contributed by atoms with Crippen molar-refractivity contribution in [1.29, 1.82) is 0 Å². The molecular formula is C39H29BrCl2N6O4. The lowest BCUT2D eigenvalue weighted by Gasteiger charge is -2.02. The molecule has 2 N–H and O–H groups in total. The average Bonchev–Trinajstić information content (AvgIpc) is 3.15. The second-order valence-corrected chi connectivity index (χ2v) is 12.1. The Morgan fingerprint density at radius 2 is 1.15 bits per heavy atom. The van der Waals surface area contributed by atoms with Crippen LogP contribution < -0.4 is 5.73 Å². The summed E-state index contributed by atoms with van der Waals surface area (Å²) in [5.74, 6) is 8.19. The van der Waals surface area contributed by atoms with E-state index >= 15 is 0 Å². The van der Waals surface area contributed by atoms with E-state index in [0.717, 1.165) is 29.7 Å². The number of benzene rings is 3. The lowest BCUT2D eigenvalue weighted by molar-refractivity contribution is -0.385. The number of halogens is 3. The number of aromatic nitrogens is 3. The Hall–Kier alpha value is -6.11. The van der Waals surface area contributed by atoms with Crippen molar-refractivity contribution in [3.05, 3.63) is 197 Å². The summed E-state index contributed by atoms with van der Waals surface area (Å²) in [7, 11) is 0. The lowest BCUT2D eigenvalue weighted by atomic mass is 10.1. The fourth-order valence-electron chi connectivity index (χ4n) is 3.90. The van der Waals surface area contributed by atoms with E-state index in [2.05, 4.69) is 72.9 Å². The van der Waals surface area contributed by atoms with E-state index in [4.69, 9.17) is 35.4 Å². The van der Waals surface area contributed by atoms with Crippen LogP contribution in [-0.4, -0.2) is 24.8 Å². The molecule has 0 bridgehead atoms. The third-order valence-electron chi connectivity index (χ3n) is 6.40. The van der Waals surface area contributed by atoms with Crippen molar-refractivity contribution in [2.75, 3.05) is 5.73 Å². The van der Waals surface area contributed by atoms with Crippen LogP contribution in [0.3, 0.4) is 0 Å². The maximum Gasteiger partial charge on any atom is 0.288 e. The molecule has 6 rings (SSSR count). The molecule has 6 aromatic rings. The van der Waals surface area contributed by atoms with Crippen molar-refractivity contribution in [2.45, 2.75) is 12.8 Å². The minimum Gasteiger partial charge on any atom is -0.397 e. The zero-order valence-corrected chi connectivity index (χ0v) is 30.4. The Kier molecular flexibility index (Phi) is 17.0. The summed E-state index contributed by atoms with van der Waals surface area (Å²) >= 11 is 14.4. The number of nitrogen functional groups attached to an aromatic ring is 1. The Balaban J connectivity index is 0.000000194. The lowest BCUT2D eigenvalue weighted by Crippen LogP contribution is -1.94. The van der Waals surface area contributed by atoms with Gasteiger partial charge in [-0.05, 0) is 94.5 Å². The third kappa shape index (κ3) is 15.6. The largest absolute Gasteiger partial charge is 0.397 e. The molecule has 3 aromatic carbocycles. The van der Waals surface area contributed by atoms with E-state index in [1.54, 1.807) is 42.6 Å². The zero-order valence-electron chi connectivity index (χ0n) is 27.3. The molecule has 0 spiro atoms. The van der Waals surface area contributed by atoms with Gasteiger partial charge in [-0.1, -0.05) is 71.3 Å². The van der Waals surface area contributed by atoms with Crippen LogP contribution >= 0.6 is 39.1 Å². The van der Waals surface area contributed by atoms with E-state index in [0.29, 0.717) is 20.1 Å². The molecule has 0 atom stereocenters. The second kappa shape index (κ2) is 21.9. The quantitative estimate of drug-likeness (QED) is 0.103. The second-order valence-electron chi connectivity index (χ2n) is 10.3. The molecule has 0 saturated heterocycles. The number of aryl methyl sites for hydroxylation is 2. The summed E-state index contributed by atoms with van der Waals surface area (Å²) in [5, 5.41) is 22.0. The number of hydrogen-bond acceptors (Lipinski definition) is 8. The van der Waals surface area contributed by atoms with Crippen molar-refractivity contribution < 1.29 is 9.85 Å². The van der Waals surface area contributed by atoms with Gasteiger partial charge in [0, 0.05) is 62.6 Å². The number of rotatable bonds is 5. The summed E-state index contributed by atoms with van der Waals surface area (Å²) in [6.07, 6.45) is 16.0. The standard InChI is InChI=1S/C13H7ClN2O2.C13H14N2.C8H5Cl.C5H3BrN2O2/c14-12-5-3-10(4-6-12)1-2-11-7-13(16(17)18)9-15-8-11;14-13-8-12(9-15-10-13)7-6-11-4-2-1-3-5-11;1-2-7-3-5-8(9)6-4-7;6-4-1-5(8(9)10)3-7-2-4/h3-9H;1-5,8-10H,6-7,14H2;1,3-6H;1-3H. The predicted molar refractivity (Wildman–Crippen MR) is 209 cm³/mol. The minimum absolute atomic E-state index is 0.00521. The first-order valence-electron chi connectivity index (χ1n) is 15.1. The van der Waals surface area contributed by atoms with Gasteiger partial charge in [0.2, 0.25) is 0 Å². The Morgan fingerprint density at radius 3 is 1.69 bits per heavy atom. The molecule has 13 heteroatoms. The SMILES string of the molecule is C#Cc1ccc(Cl)cc1.Nc1cncc(CCc2ccccc2)c1.O=[N+]([O-])c1cncc(Br)c1.O=[N+]([O-])c1cncc(C#Cc2ccc(Cl)cc2)c1. The Morgan fingerprint density at radius 1 is 0.635 bits per heavy atom. The number of nitrogens with two attached hydrogens (primary N) is 1. The van der Waals surface area contributed by atoms with Crippen LogP contribution in [0.2, 0.25) is 10.0 Å². The minimum atomic E-state index is -0.500. The van der Waals surface area contributed by atoms with Gasteiger partial charge in [0.25, 0.3) is 11.4 Å². The van der Waals surface area contributed by atoms with Gasteiger partial charge in [-0.3, -0.25) is 35.2 Å². The van der Waals surface area contributed by atoms with Gasteiger partial charge in [-0.2, -0.15) is 0 Å². The van der Waals surface area contributed by atoms with Crippen LogP contribution in [-0.2, 0) is 12.8 Å².